The predicted molar refractivity (Wildman–Crippen MR) is 113 cm³/mol. The molecule has 5 rings (SSSR count). The average molecular weight is 485 g/mol. The predicted octanol–water partition coefficient (Wildman–Crippen LogP) is 4.78. The first-order chi connectivity index (χ1) is 15.0. The number of halogens is 3. The van der Waals surface area contributed by atoms with Gasteiger partial charge in [-0.3, -0.25) is 14.4 Å². The fourth-order valence-corrected chi connectivity index (χ4v) is 4.49. The zero-order valence-corrected chi connectivity index (χ0v) is 17.5. The van der Waals surface area contributed by atoms with E-state index in [0.29, 0.717) is 11.3 Å². The zero-order valence-electron chi connectivity index (χ0n) is 15.9. The molecule has 2 saturated heterocycles. The number of hydrogen-bond donors (Lipinski definition) is 0. The maximum Gasteiger partial charge on any atom is 0.266 e. The molecule has 3 aromatic carbocycles. The van der Waals surface area contributed by atoms with Crippen molar-refractivity contribution in [1.29, 1.82) is 0 Å². The summed E-state index contributed by atoms with van der Waals surface area (Å²) in [5, 5.41) is 1.53. The number of benzene rings is 3. The Morgan fingerprint density at radius 2 is 1.55 bits per heavy atom. The highest BCUT2D eigenvalue weighted by molar-refractivity contribution is 9.10. The second kappa shape index (κ2) is 7.55. The van der Waals surface area contributed by atoms with Gasteiger partial charge >= 0.3 is 0 Å². The average Bonchev–Trinajstić information content (AvgIpc) is 3.28. The second-order valence-corrected chi connectivity index (χ2v) is 8.17. The molecule has 0 aliphatic carbocycles. The summed E-state index contributed by atoms with van der Waals surface area (Å²) < 4.78 is 27.5. The molecule has 8 heteroatoms. The normalized spacial score (nSPS) is 22.9. The number of nitrogens with zero attached hydrogens (tertiary/aromatic N) is 2. The molecule has 2 heterocycles. The Morgan fingerprint density at radius 1 is 0.839 bits per heavy atom. The lowest BCUT2D eigenvalue weighted by Crippen LogP contribution is -2.37. The number of anilines is 2. The van der Waals surface area contributed by atoms with Crippen LogP contribution in [-0.4, -0.2) is 17.9 Å². The van der Waals surface area contributed by atoms with Gasteiger partial charge in [0, 0.05) is 0 Å². The monoisotopic (exact) mass is 484 g/mol. The van der Waals surface area contributed by atoms with Gasteiger partial charge in [-0.1, -0.05) is 24.3 Å². The van der Waals surface area contributed by atoms with Crippen LogP contribution in [0.5, 0.6) is 0 Å². The molecule has 3 atom stereocenters. The molecule has 0 spiro atoms. The van der Waals surface area contributed by atoms with Crippen molar-refractivity contribution in [3.63, 3.8) is 0 Å². The number of imide groups is 1. The molecule has 0 unspecified atom stereocenters. The number of carbonyl (C=O) groups excluding carboxylic acids is 2. The van der Waals surface area contributed by atoms with E-state index in [1.807, 2.05) is 18.2 Å². The molecule has 0 radical (unpaired) electrons. The smallest absolute Gasteiger partial charge is 0.266 e. The molecule has 0 aromatic heterocycles. The number of fused-ring (bicyclic) bond motifs is 1. The van der Waals surface area contributed by atoms with Crippen LogP contribution in [0.4, 0.5) is 20.2 Å². The third-order valence-electron chi connectivity index (χ3n) is 5.50. The summed E-state index contributed by atoms with van der Waals surface area (Å²) in [4.78, 5) is 33.6. The van der Waals surface area contributed by atoms with Crippen molar-refractivity contribution in [2.24, 2.45) is 5.92 Å². The highest BCUT2D eigenvalue weighted by Gasteiger charge is 2.60. The molecule has 2 amide bonds. The van der Waals surface area contributed by atoms with Crippen LogP contribution in [0.2, 0.25) is 0 Å². The Morgan fingerprint density at radius 3 is 2.23 bits per heavy atom. The van der Waals surface area contributed by atoms with Crippen molar-refractivity contribution in [2.45, 2.75) is 12.1 Å². The van der Waals surface area contributed by atoms with Gasteiger partial charge in [-0.2, -0.15) is 0 Å². The first-order valence-electron chi connectivity index (χ1n) is 9.55. The Balaban J connectivity index is 1.60. The summed E-state index contributed by atoms with van der Waals surface area (Å²) in [6, 6.07) is 18.0. The van der Waals surface area contributed by atoms with Crippen molar-refractivity contribution in [3.8, 4) is 0 Å². The van der Waals surface area contributed by atoms with Crippen LogP contribution >= 0.6 is 15.9 Å². The lowest BCUT2D eigenvalue weighted by atomic mass is 9.90. The van der Waals surface area contributed by atoms with Crippen molar-refractivity contribution >= 4 is 39.1 Å². The van der Waals surface area contributed by atoms with E-state index in [2.05, 4.69) is 15.9 Å². The number of para-hydroxylation sites is 1. The molecule has 31 heavy (non-hydrogen) atoms. The highest BCUT2D eigenvalue weighted by Crippen LogP contribution is 2.47. The van der Waals surface area contributed by atoms with Crippen molar-refractivity contribution in [2.75, 3.05) is 9.96 Å². The van der Waals surface area contributed by atoms with Gasteiger partial charge in [-0.15, -0.1) is 0 Å². The Kier molecular flexibility index (Phi) is 4.83. The van der Waals surface area contributed by atoms with Crippen LogP contribution in [0, 0.1) is 17.6 Å². The van der Waals surface area contributed by atoms with Gasteiger partial charge in [0.15, 0.2) is 6.10 Å². The minimum absolute atomic E-state index is 0.244. The minimum atomic E-state index is -1.05. The van der Waals surface area contributed by atoms with Crippen LogP contribution in [0.1, 0.15) is 11.6 Å². The maximum absolute atomic E-state index is 13.9. The SMILES string of the molecule is O=C1[C@@H]2[C@H](ON(c3ccccc3)[C@H]2c2ccc(F)c(Br)c2)C(=O)N1c1ccc(F)cc1. The van der Waals surface area contributed by atoms with Gasteiger partial charge in [0.1, 0.15) is 17.6 Å². The van der Waals surface area contributed by atoms with E-state index in [9.17, 15) is 18.4 Å². The van der Waals surface area contributed by atoms with Gasteiger partial charge in [-0.05, 0) is 70.0 Å². The number of hydrogen-bond acceptors (Lipinski definition) is 4. The van der Waals surface area contributed by atoms with Gasteiger partial charge in [-0.25, -0.2) is 18.7 Å². The maximum atomic E-state index is 13.9. The van der Waals surface area contributed by atoms with Gasteiger partial charge in [0.05, 0.1) is 21.9 Å². The summed E-state index contributed by atoms with van der Waals surface area (Å²) in [5.74, 6) is -2.73. The van der Waals surface area contributed by atoms with Gasteiger partial charge in [0.25, 0.3) is 5.91 Å². The Labute approximate surface area is 184 Å². The van der Waals surface area contributed by atoms with E-state index >= 15 is 0 Å². The van der Waals surface area contributed by atoms with Crippen LogP contribution < -0.4 is 9.96 Å². The number of hydroxylamine groups is 1. The van der Waals surface area contributed by atoms with E-state index < -0.39 is 41.5 Å². The molecule has 0 saturated carbocycles. The summed E-state index contributed by atoms with van der Waals surface area (Å²) in [5.41, 5.74) is 1.56. The molecular weight excluding hydrogens is 470 g/mol. The fraction of sp³-hybridized carbons (Fsp3) is 0.130. The highest BCUT2D eigenvalue weighted by atomic mass is 79.9. The molecule has 0 N–H and O–H groups in total. The molecule has 3 aromatic rings. The third-order valence-corrected chi connectivity index (χ3v) is 6.10. The molecule has 0 bridgehead atoms. The molecular formula is C23H15BrF2N2O3. The standard InChI is InChI=1S/C23H15BrF2N2O3/c24-17-12-13(6-11-18(17)26)20-19-21(31-28(20)16-4-2-1-3-5-16)23(30)27(22(19)29)15-9-7-14(25)8-10-15/h1-12,19-21H/t19-,20-,21-/m0/s1. The molecule has 2 fully saturated rings. The van der Waals surface area contributed by atoms with Crippen molar-refractivity contribution < 1.29 is 23.2 Å². The summed E-state index contributed by atoms with van der Waals surface area (Å²) in [7, 11) is 0. The zero-order chi connectivity index (χ0) is 21.7. The third kappa shape index (κ3) is 3.23. The largest absolute Gasteiger partial charge is 0.273 e. The molecule has 2 aliphatic rings. The Hall–Kier alpha value is -3.10. The van der Waals surface area contributed by atoms with Crippen LogP contribution in [0.25, 0.3) is 0 Å². The van der Waals surface area contributed by atoms with Crippen LogP contribution in [-0.2, 0) is 14.4 Å². The van der Waals surface area contributed by atoms with Crippen LogP contribution in [0.15, 0.2) is 77.3 Å². The van der Waals surface area contributed by atoms with Gasteiger partial charge in [0.2, 0.25) is 5.91 Å². The fourth-order valence-electron chi connectivity index (χ4n) is 4.09. The van der Waals surface area contributed by atoms with E-state index in [1.54, 1.807) is 24.3 Å². The van der Waals surface area contributed by atoms with E-state index in [1.165, 1.54) is 35.4 Å². The lowest BCUT2D eigenvalue weighted by Gasteiger charge is -2.29. The summed E-state index contributed by atoms with van der Waals surface area (Å²) in [6.07, 6.45) is -1.05. The molecule has 2 aliphatic heterocycles. The number of rotatable bonds is 3. The summed E-state index contributed by atoms with van der Waals surface area (Å²) in [6.45, 7) is 0. The Bertz CT molecular complexity index is 1170. The lowest BCUT2D eigenvalue weighted by molar-refractivity contribution is -0.126. The topological polar surface area (TPSA) is 49.9 Å². The van der Waals surface area contributed by atoms with Gasteiger partial charge < -0.3 is 0 Å². The quantitative estimate of drug-likeness (QED) is 0.502. The first kappa shape index (κ1) is 19.8. The van der Waals surface area contributed by atoms with Crippen molar-refractivity contribution in [1.82, 2.24) is 0 Å². The van der Waals surface area contributed by atoms with Crippen LogP contribution in [0.3, 0.4) is 0 Å². The number of carbonyl (C=O) groups is 2. The second-order valence-electron chi connectivity index (χ2n) is 7.32. The first-order valence-corrected chi connectivity index (χ1v) is 10.3. The minimum Gasteiger partial charge on any atom is -0.273 e. The van der Waals surface area contributed by atoms with Crippen molar-refractivity contribution in [3.05, 3.63) is 94.5 Å². The molecule has 156 valence electrons. The van der Waals surface area contributed by atoms with E-state index in [4.69, 9.17) is 4.84 Å². The molecule has 5 nitrogen and oxygen atoms in total. The van der Waals surface area contributed by atoms with E-state index in [0.717, 1.165) is 4.90 Å². The number of amides is 2. The van der Waals surface area contributed by atoms with E-state index in [-0.39, 0.29) is 10.2 Å². The summed E-state index contributed by atoms with van der Waals surface area (Å²) >= 11 is 3.19.